The number of para-hydroxylation sites is 2. The maximum Gasteiger partial charge on any atom is 0.265 e. The fraction of sp³-hybridized carbons (Fsp3) is 0.118. The van der Waals surface area contributed by atoms with Crippen LogP contribution in [0.15, 0.2) is 54.9 Å². The minimum atomic E-state index is -0.840. The van der Waals surface area contributed by atoms with Crippen LogP contribution in [0.1, 0.15) is 6.92 Å². The molecule has 0 aliphatic carbocycles. The lowest BCUT2D eigenvalue weighted by Gasteiger charge is -2.15. The first-order valence-electron chi connectivity index (χ1n) is 7.07. The lowest BCUT2D eigenvalue weighted by Crippen LogP contribution is -2.30. The molecule has 1 N–H and O–H groups in total. The third kappa shape index (κ3) is 3.26. The lowest BCUT2D eigenvalue weighted by molar-refractivity contribution is -0.122. The highest BCUT2D eigenvalue weighted by atomic mass is 19.1. The average Bonchev–Trinajstić information content (AvgIpc) is 2.57. The van der Waals surface area contributed by atoms with Gasteiger partial charge in [-0.2, -0.15) is 0 Å². The third-order valence-corrected chi connectivity index (χ3v) is 3.30. The van der Waals surface area contributed by atoms with E-state index in [4.69, 9.17) is 4.74 Å². The number of ether oxygens (including phenoxy) is 1. The summed E-state index contributed by atoms with van der Waals surface area (Å²) in [6.07, 6.45) is 0.534. The van der Waals surface area contributed by atoms with Crippen molar-refractivity contribution in [2.24, 2.45) is 0 Å². The van der Waals surface area contributed by atoms with Gasteiger partial charge in [-0.15, -0.1) is 0 Å². The second-order valence-corrected chi connectivity index (χ2v) is 4.93. The van der Waals surface area contributed by atoms with Gasteiger partial charge in [-0.05, 0) is 31.2 Å². The average molecular weight is 311 g/mol. The Morgan fingerprint density at radius 2 is 1.87 bits per heavy atom. The molecule has 23 heavy (non-hydrogen) atoms. The zero-order valence-corrected chi connectivity index (χ0v) is 12.4. The molecule has 0 spiro atoms. The molecule has 0 fully saturated rings. The van der Waals surface area contributed by atoms with Crippen LogP contribution in [-0.4, -0.2) is 22.0 Å². The summed E-state index contributed by atoms with van der Waals surface area (Å²) in [4.78, 5) is 20.4. The predicted molar refractivity (Wildman–Crippen MR) is 84.7 cm³/mol. The van der Waals surface area contributed by atoms with Gasteiger partial charge in [-0.1, -0.05) is 24.3 Å². The molecule has 0 saturated heterocycles. The molecule has 1 aromatic heterocycles. The summed E-state index contributed by atoms with van der Waals surface area (Å²) in [5.41, 5.74) is 0.833. The standard InChI is InChI=1S/C17H14FN3O2/c1-11(16(22)21-15-9-5-3-7-13(15)18)23-17-12-6-2-4-8-14(12)19-10-20-17/h2-11H,1H3,(H,21,22)/t11-/m1/s1. The van der Waals surface area contributed by atoms with E-state index in [0.29, 0.717) is 11.3 Å². The van der Waals surface area contributed by atoms with Crippen LogP contribution >= 0.6 is 0 Å². The Hall–Kier alpha value is -3.02. The smallest absolute Gasteiger partial charge is 0.265 e. The van der Waals surface area contributed by atoms with Crippen LogP contribution in [0.3, 0.4) is 0 Å². The van der Waals surface area contributed by atoms with E-state index in [2.05, 4.69) is 15.3 Å². The van der Waals surface area contributed by atoms with Gasteiger partial charge in [0.15, 0.2) is 6.10 Å². The quantitative estimate of drug-likeness (QED) is 0.804. The molecule has 3 aromatic rings. The van der Waals surface area contributed by atoms with Gasteiger partial charge in [0, 0.05) is 0 Å². The van der Waals surface area contributed by atoms with Crippen LogP contribution in [0.4, 0.5) is 10.1 Å². The van der Waals surface area contributed by atoms with Gasteiger partial charge in [0.2, 0.25) is 5.88 Å². The molecule has 6 heteroatoms. The fourth-order valence-corrected chi connectivity index (χ4v) is 2.09. The molecule has 116 valence electrons. The van der Waals surface area contributed by atoms with Gasteiger partial charge < -0.3 is 10.1 Å². The summed E-state index contributed by atoms with van der Waals surface area (Å²) in [6, 6.07) is 13.3. The van der Waals surface area contributed by atoms with E-state index in [1.54, 1.807) is 19.1 Å². The van der Waals surface area contributed by atoms with Gasteiger partial charge >= 0.3 is 0 Å². The minimum Gasteiger partial charge on any atom is -0.464 e. The van der Waals surface area contributed by atoms with Gasteiger partial charge in [0.1, 0.15) is 12.1 Å². The number of halogens is 1. The Kier molecular flexibility index (Phi) is 4.14. The molecule has 0 bridgehead atoms. The van der Waals surface area contributed by atoms with E-state index in [9.17, 15) is 9.18 Å². The highest BCUT2D eigenvalue weighted by Crippen LogP contribution is 2.22. The predicted octanol–water partition coefficient (Wildman–Crippen LogP) is 3.17. The van der Waals surface area contributed by atoms with Crippen molar-refractivity contribution in [1.82, 2.24) is 9.97 Å². The third-order valence-electron chi connectivity index (χ3n) is 3.30. The molecule has 0 unspecified atom stereocenters. The molecule has 1 heterocycles. The number of fused-ring (bicyclic) bond motifs is 1. The first-order chi connectivity index (χ1) is 11.1. The molecule has 0 aliphatic rings. The van der Waals surface area contributed by atoms with Crippen LogP contribution < -0.4 is 10.1 Å². The van der Waals surface area contributed by atoms with Crippen molar-refractivity contribution in [1.29, 1.82) is 0 Å². The molecule has 0 aliphatic heterocycles. The molecule has 1 amide bonds. The number of amides is 1. The number of aromatic nitrogens is 2. The van der Waals surface area contributed by atoms with Crippen LogP contribution in [0.25, 0.3) is 10.9 Å². The van der Waals surface area contributed by atoms with Crippen LogP contribution in [0.2, 0.25) is 0 Å². The van der Waals surface area contributed by atoms with E-state index < -0.39 is 17.8 Å². The van der Waals surface area contributed by atoms with Crippen molar-refractivity contribution in [2.45, 2.75) is 13.0 Å². The summed E-state index contributed by atoms with van der Waals surface area (Å²) in [7, 11) is 0. The van der Waals surface area contributed by atoms with Crippen molar-refractivity contribution in [3.05, 3.63) is 60.7 Å². The largest absolute Gasteiger partial charge is 0.464 e. The first kappa shape index (κ1) is 14.9. The SMILES string of the molecule is C[C@@H](Oc1ncnc2ccccc12)C(=O)Nc1ccccc1F. The van der Waals surface area contributed by atoms with Crippen LogP contribution in [0.5, 0.6) is 5.88 Å². The summed E-state index contributed by atoms with van der Waals surface area (Å²) in [5, 5.41) is 3.20. The Morgan fingerprint density at radius 1 is 1.13 bits per heavy atom. The Bertz CT molecular complexity index is 849. The minimum absolute atomic E-state index is 0.112. The Morgan fingerprint density at radius 3 is 2.70 bits per heavy atom. The number of anilines is 1. The Balaban J connectivity index is 1.77. The summed E-state index contributed by atoms with van der Waals surface area (Å²) in [5.74, 6) is -0.648. The van der Waals surface area contributed by atoms with Gasteiger partial charge in [0.05, 0.1) is 16.6 Å². The zero-order chi connectivity index (χ0) is 16.2. The number of hydrogen-bond acceptors (Lipinski definition) is 4. The summed E-state index contributed by atoms with van der Waals surface area (Å²) < 4.78 is 19.2. The number of nitrogens with zero attached hydrogens (tertiary/aromatic N) is 2. The van der Waals surface area contributed by atoms with Gasteiger partial charge in [0.25, 0.3) is 5.91 Å². The second kappa shape index (κ2) is 6.39. The van der Waals surface area contributed by atoms with Crippen molar-refractivity contribution in [3.8, 4) is 5.88 Å². The highest BCUT2D eigenvalue weighted by Gasteiger charge is 2.18. The zero-order valence-electron chi connectivity index (χ0n) is 12.4. The molecule has 5 nitrogen and oxygen atoms in total. The normalized spacial score (nSPS) is 11.9. The summed E-state index contributed by atoms with van der Waals surface area (Å²) in [6.45, 7) is 1.58. The van der Waals surface area contributed by atoms with Crippen LogP contribution in [0, 0.1) is 5.82 Å². The van der Waals surface area contributed by atoms with Crippen molar-refractivity contribution >= 4 is 22.5 Å². The van der Waals surface area contributed by atoms with Crippen molar-refractivity contribution in [2.75, 3.05) is 5.32 Å². The first-order valence-corrected chi connectivity index (χ1v) is 7.07. The van der Waals surface area contributed by atoms with Gasteiger partial charge in [-0.3, -0.25) is 4.79 Å². The van der Waals surface area contributed by atoms with E-state index >= 15 is 0 Å². The van der Waals surface area contributed by atoms with E-state index in [1.165, 1.54) is 18.5 Å². The van der Waals surface area contributed by atoms with E-state index in [0.717, 1.165) is 5.52 Å². The van der Waals surface area contributed by atoms with Gasteiger partial charge in [-0.25, -0.2) is 14.4 Å². The van der Waals surface area contributed by atoms with Crippen molar-refractivity contribution in [3.63, 3.8) is 0 Å². The number of nitrogens with one attached hydrogen (secondary N) is 1. The monoisotopic (exact) mass is 311 g/mol. The molecule has 2 aromatic carbocycles. The Labute approximate surface area is 132 Å². The van der Waals surface area contributed by atoms with Crippen molar-refractivity contribution < 1.29 is 13.9 Å². The van der Waals surface area contributed by atoms with E-state index in [-0.39, 0.29) is 5.69 Å². The fourth-order valence-electron chi connectivity index (χ4n) is 2.09. The maximum atomic E-state index is 13.6. The second-order valence-electron chi connectivity index (χ2n) is 4.93. The molecular weight excluding hydrogens is 297 g/mol. The topological polar surface area (TPSA) is 64.1 Å². The number of hydrogen-bond donors (Lipinski definition) is 1. The maximum absolute atomic E-state index is 13.6. The summed E-state index contributed by atoms with van der Waals surface area (Å²) >= 11 is 0. The molecule has 0 radical (unpaired) electrons. The van der Waals surface area contributed by atoms with E-state index in [1.807, 2.05) is 24.3 Å². The number of rotatable bonds is 4. The number of carbonyl (C=O) groups is 1. The van der Waals surface area contributed by atoms with Crippen LogP contribution in [-0.2, 0) is 4.79 Å². The number of carbonyl (C=O) groups excluding carboxylic acids is 1. The molecular formula is C17H14FN3O2. The number of benzene rings is 2. The molecule has 3 rings (SSSR count). The highest BCUT2D eigenvalue weighted by molar-refractivity contribution is 5.94. The lowest BCUT2D eigenvalue weighted by atomic mass is 10.2. The molecule has 1 atom stereocenters. The molecule has 0 saturated carbocycles.